The summed E-state index contributed by atoms with van der Waals surface area (Å²) >= 11 is 0. The van der Waals surface area contributed by atoms with Crippen LogP contribution in [0.15, 0.2) is 12.1 Å². The van der Waals surface area contributed by atoms with E-state index in [4.69, 9.17) is 5.11 Å². The van der Waals surface area contributed by atoms with E-state index in [2.05, 4.69) is 15.3 Å². The van der Waals surface area contributed by atoms with Gasteiger partial charge in [0.1, 0.15) is 0 Å². The van der Waals surface area contributed by atoms with Crippen molar-refractivity contribution in [3.8, 4) is 0 Å². The third kappa shape index (κ3) is 2.16. The Bertz CT molecular complexity index is 521. The molecule has 0 saturated carbocycles. The lowest BCUT2D eigenvalue weighted by Gasteiger charge is -1.98. The van der Waals surface area contributed by atoms with Crippen LogP contribution in [0.4, 0.5) is 0 Å². The van der Waals surface area contributed by atoms with E-state index in [9.17, 15) is 4.79 Å². The third-order valence-corrected chi connectivity index (χ3v) is 2.25. The second-order valence-corrected chi connectivity index (χ2v) is 3.61. The minimum Gasteiger partial charge on any atom is -0.481 e. The van der Waals surface area contributed by atoms with E-state index in [-0.39, 0.29) is 6.42 Å². The van der Waals surface area contributed by atoms with E-state index >= 15 is 0 Å². The molecule has 16 heavy (non-hydrogen) atoms. The third-order valence-electron chi connectivity index (χ3n) is 2.25. The number of carbonyl (C=O) groups is 1. The van der Waals surface area contributed by atoms with E-state index in [1.165, 1.54) is 0 Å². The Morgan fingerprint density at radius 2 is 2.25 bits per heavy atom. The summed E-state index contributed by atoms with van der Waals surface area (Å²) in [6.45, 7) is 1.89. The summed E-state index contributed by atoms with van der Waals surface area (Å²) in [5, 5.41) is 20.8. The van der Waals surface area contributed by atoms with Crippen molar-refractivity contribution in [1.29, 1.82) is 0 Å². The minimum atomic E-state index is -0.794. The molecule has 0 aliphatic rings. The van der Waals surface area contributed by atoms with Crippen LogP contribution in [0.1, 0.15) is 24.4 Å². The smallest absolute Gasteiger partial charge is 0.303 e. The van der Waals surface area contributed by atoms with Crippen molar-refractivity contribution in [3.63, 3.8) is 0 Å². The van der Waals surface area contributed by atoms with Gasteiger partial charge in [0.25, 0.3) is 0 Å². The number of rotatable bonds is 4. The molecule has 0 radical (unpaired) electrons. The van der Waals surface area contributed by atoms with Gasteiger partial charge >= 0.3 is 5.97 Å². The van der Waals surface area contributed by atoms with E-state index in [1.807, 2.05) is 19.1 Å². The van der Waals surface area contributed by atoms with Crippen LogP contribution >= 0.6 is 0 Å². The molecule has 0 saturated heterocycles. The van der Waals surface area contributed by atoms with Crippen molar-refractivity contribution >= 4 is 11.6 Å². The van der Waals surface area contributed by atoms with E-state index in [0.717, 1.165) is 5.69 Å². The molecular weight excluding hydrogens is 208 g/mol. The van der Waals surface area contributed by atoms with Crippen LogP contribution in [0.25, 0.3) is 5.65 Å². The lowest BCUT2D eigenvalue weighted by atomic mass is 10.2. The summed E-state index contributed by atoms with van der Waals surface area (Å²) in [7, 11) is 0. The molecule has 0 aliphatic heterocycles. The van der Waals surface area contributed by atoms with Gasteiger partial charge in [-0.3, -0.25) is 4.79 Å². The zero-order valence-electron chi connectivity index (χ0n) is 8.92. The minimum absolute atomic E-state index is 0.140. The molecular formula is C10H12N4O2. The second kappa shape index (κ2) is 4.26. The highest BCUT2D eigenvalue weighted by atomic mass is 16.4. The number of carboxylic acids is 1. The van der Waals surface area contributed by atoms with E-state index in [0.29, 0.717) is 24.3 Å². The number of hydrogen-bond donors (Lipinski definition) is 1. The van der Waals surface area contributed by atoms with Crippen molar-refractivity contribution in [2.75, 3.05) is 0 Å². The number of aliphatic carboxylic acids is 1. The summed E-state index contributed by atoms with van der Waals surface area (Å²) in [5.74, 6) is -0.0853. The molecule has 0 atom stereocenters. The molecule has 6 nitrogen and oxygen atoms in total. The summed E-state index contributed by atoms with van der Waals surface area (Å²) < 4.78 is 1.66. The van der Waals surface area contributed by atoms with E-state index in [1.54, 1.807) is 4.52 Å². The molecule has 6 heteroatoms. The Morgan fingerprint density at radius 1 is 1.44 bits per heavy atom. The van der Waals surface area contributed by atoms with E-state index < -0.39 is 5.97 Å². The van der Waals surface area contributed by atoms with Crippen molar-refractivity contribution < 1.29 is 9.90 Å². The lowest BCUT2D eigenvalue weighted by molar-refractivity contribution is -0.137. The maximum absolute atomic E-state index is 10.4. The SMILES string of the molecule is Cc1ccc2nnc(CCCC(=O)O)n2n1. The molecule has 0 bridgehead atoms. The number of aromatic nitrogens is 4. The first-order valence-corrected chi connectivity index (χ1v) is 5.06. The summed E-state index contributed by atoms with van der Waals surface area (Å²) in [6.07, 6.45) is 1.26. The largest absolute Gasteiger partial charge is 0.481 e. The highest BCUT2D eigenvalue weighted by molar-refractivity contribution is 5.66. The van der Waals surface area contributed by atoms with Gasteiger partial charge in [-0.05, 0) is 25.5 Å². The van der Waals surface area contributed by atoms with Crippen LogP contribution in [-0.4, -0.2) is 30.9 Å². The summed E-state index contributed by atoms with van der Waals surface area (Å²) in [4.78, 5) is 10.4. The average Bonchev–Trinajstić information content (AvgIpc) is 2.60. The molecule has 1 N–H and O–H groups in total. The number of nitrogens with zero attached hydrogens (tertiary/aromatic N) is 4. The molecule has 0 aromatic carbocycles. The molecule has 0 aliphatic carbocycles. The van der Waals surface area contributed by atoms with Crippen molar-refractivity contribution in [2.45, 2.75) is 26.2 Å². The monoisotopic (exact) mass is 220 g/mol. The zero-order chi connectivity index (χ0) is 11.5. The first-order chi connectivity index (χ1) is 7.66. The molecule has 0 fully saturated rings. The van der Waals surface area contributed by atoms with Gasteiger partial charge in [-0.2, -0.15) is 9.61 Å². The Morgan fingerprint density at radius 3 is 3.00 bits per heavy atom. The zero-order valence-corrected chi connectivity index (χ0v) is 8.92. The first-order valence-electron chi connectivity index (χ1n) is 5.06. The van der Waals surface area contributed by atoms with Gasteiger partial charge in [-0.1, -0.05) is 0 Å². The topological polar surface area (TPSA) is 80.4 Å². The van der Waals surface area contributed by atoms with Gasteiger partial charge in [0.15, 0.2) is 11.5 Å². The number of hydrogen-bond acceptors (Lipinski definition) is 4. The highest BCUT2D eigenvalue weighted by Crippen LogP contribution is 2.06. The van der Waals surface area contributed by atoms with Crippen LogP contribution in [0.5, 0.6) is 0 Å². The fourth-order valence-electron chi connectivity index (χ4n) is 1.48. The van der Waals surface area contributed by atoms with Crippen LogP contribution in [0.3, 0.4) is 0 Å². The van der Waals surface area contributed by atoms with Gasteiger partial charge in [-0.25, -0.2) is 0 Å². The predicted molar refractivity (Wildman–Crippen MR) is 56.1 cm³/mol. The quantitative estimate of drug-likeness (QED) is 0.825. The Hall–Kier alpha value is -1.98. The van der Waals surface area contributed by atoms with Gasteiger partial charge < -0.3 is 5.11 Å². The van der Waals surface area contributed by atoms with Crippen LogP contribution in [0, 0.1) is 6.92 Å². The first kappa shape index (κ1) is 10.5. The highest BCUT2D eigenvalue weighted by Gasteiger charge is 2.07. The van der Waals surface area contributed by atoms with Gasteiger partial charge in [0, 0.05) is 12.8 Å². The summed E-state index contributed by atoms with van der Waals surface area (Å²) in [5.41, 5.74) is 1.57. The maximum Gasteiger partial charge on any atom is 0.303 e. The number of carboxylic acid groups (broad SMARTS) is 1. The predicted octanol–water partition coefficient (Wildman–Crippen LogP) is 0.840. The Labute approximate surface area is 91.9 Å². The van der Waals surface area contributed by atoms with Crippen molar-refractivity contribution in [2.24, 2.45) is 0 Å². The van der Waals surface area contributed by atoms with Crippen molar-refractivity contribution in [1.82, 2.24) is 19.8 Å². The summed E-state index contributed by atoms with van der Waals surface area (Å²) in [6, 6.07) is 3.71. The molecule has 0 amide bonds. The van der Waals surface area contributed by atoms with Gasteiger partial charge in [-0.15, -0.1) is 10.2 Å². The molecule has 2 rings (SSSR count). The standard InChI is InChI=1S/C10H12N4O2/c1-7-5-6-9-12-11-8(14(9)13-7)3-2-4-10(15)16/h5-6H,2-4H2,1H3,(H,15,16). The van der Waals surface area contributed by atoms with Crippen LogP contribution in [-0.2, 0) is 11.2 Å². The fraction of sp³-hybridized carbons (Fsp3) is 0.400. The fourth-order valence-corrected chi connectivity index (χ4v) is 1.48. The van der Waals surface area contributed by atoms with Crippen LogP contribution in [0.2, 0.25) is 0 Å². The lowest BCUT2D eigenvalue weighted by Crippen LogP contribution is -2.02. The maximum atomic E-state index is 10.4. The molecule has 0 unspecified atom stereocenters. The van der Waals surface area contributed by atoms with Crippen molar-refractivity contribution in [3.05, 3.63) is 23.7 Å². The van der Waals surface area contributed by atoms with Crippen LogP contribution < -0.4 is 0 Å². The molecule has 2 heterocycles. The number of aryl methyl sites for hydroxylation is 2. The van der Waals surface area contributed by atoms with Gasteiger partial charge in [0.2, 0.25) is 0 Å². The second-order valence-electron chi connectivity index (χ2n) is 3.61. The molecule has 2 aromatic rings. The Kier molecular flexibility index (Phi) is 2.80. The molecule has 84 valence electrons. The number of fused-ring (bicyclic) bond motifs is 1. The van der Waals surface area contributed by atoms with Gasteiger partial charge in [0.05, 0.1) is 5.69 Å². The molecule has 2 aromatic heterocycles. The average molecular weight is 220 g/mol. The normalized spacial score (nSPS) is 10.8. The Balaban J connectivity index is 2.17. The molecule has 0 spiro atoms.